The van der Waals surface area contributed by atoms with E-state index in [4.69, 9.17) is 36.0 Å². The van der Waals surface area contributed by atoms with E-state index in [9.17, 15) is 14.2 Å². The standard InChI is InChI=1S/C24H29N2O11P/c1-15-21(36-23(27)34-15)12-31-38(29,32-13-22-16(2)35-24(28)37-22)33-14-26-11-17(8-9-25(3)4)19-10-18(30-5)6-7-20(19)26/h6-7,10-11H,8-9,12-14H2,1-5H3. The maximum absolute atomic E-state index is 13.6. The molecule has 0 saturated heterocycles. The Bertz CT molecular complexity index is 1490. The molecule has 13 nitrogen and oxygen atoms in total. The highest BCUT2D eigenvalue weighted by molar-refractivity contribution is 7.48. The molecule has 0 atom stereocenters. The maximum atomic E-state index is 13.6. The first-order valence-electron chi connectivity index (χ1n) is 11.6. The summed E-state index contributed by atoms with van der Waals surface area (Å²) in [5.74, 6) is -0.770. The van der Waals surface area contributed by atoms with Gasteiger partial charge in [0.05, 0.1) is 12.6 Å². The second-order valence-electron chi connectivity index (χ2n) is 8.68. The number of rotatable bonds is 13. The Labute approximate surface area is 217 Å². The molecule has 3 heterocycles. The van der Waals surface area contributed by atoms with E-state index in [1.807, 2.05) is 38.5 Å². The van der Waals surface area contributed by atoms with Crippen LogP contribution >= 0.6 is 7.82 Å². The zero-order valence-electron chi connectivity index (χ0n) is 21.7. The van der Waals surface area contributed by atoms with E-state index in [0.29, 0.717) is 5.75 Å². The molecule has 1 aromatic carbocycles. The van der Waals surface area contributed by atoms with Crippen LogP contribution in [0.25, 0.3) is 10.9 Å². The third-order valence-electron chi connectivity index (χ3n) is 5.73. The van der Waals surface area contributed by atoms with Crippen LogP contribution in [0.3, 0.4) is 0 Å². The van der Waals surface area contributed by atoms with E-state index in [1.165, 1.54) is 13.8 Å². The van der Waals surface area contributed by atoms with Crippen molar-refractivity contribution < 1.29 is 40.5 Å². The fourth-order valence-electron chi connectivity index (χ4n) is 3.66. The number of hydrogen-bond acceptors (Lipinski definition) is 12. The molecule has 0 aliphatic heterocycles. The summed E-state index contributed by atoms with van der Waals surface area (Å²) >= 11 is 0. The average Bonchev–Trinajstić information content (AvgIpc) is 3.51. The number of phosphoric acid groups is 1. The first-order valence-corrected chi connectivity index (χ1v) is 13.1. The van der Waals surface area contributed by atoms with Crippen LogP contribution in [-0.2, 0) is 44.5 Å². The highest BCUT2D eigenvalue weighted by Crippen LogP contribution is 2.51. The van der Waals surface area contributed by atoms with Gasteiger partial charge in [0.1, 0.15) is 37.2 Å². The van der Waals surface area contributed by atoms with Crippen molar-refractivity contribution in [2.45, 2.75) is 40.2 Å². The summed E-state index contributed by atoms with van der Waals surface area (Å²) in [6, 6.07) is 5.61. The van der Waals surface area contributed by atoms with Gasteiger partial charge in [0.15, 0.2) is 11.5 Å². The molecule has 0 fully saturated rings. The summed E-state index contributed by atoms with van der Waals surface area (Å²) in [4.78, 5) is 24.8. The lowest BCUT2D eigenvalue weighted by molar-refractivity contribution is 0.0730. The van der Waals surface area contributed by atoms with Crippen LogP contribution in [0, 0.1) is 13.8 Å². The van der Waals surface area contributed by atoms with Crippen molar-refractivity contribution in [3.63, 3.8) is 0 Å². The number of nitrogens with zero attached hydrogens (tertiary/aromatic N) is 2. The lowest BCUT2D eigenvalue weighted by Gasteiger charge is -2.18. The van der Waals surface area contributed by atoms with Gasteiger partial charge in [-0.05, 0) is 58.1 Å². The molecule has 0 unspecified atom stereocenters. The van der Waals surface area contributed by atoms with Crippen LogP contribution in [-0.4, -0.2) is 37.2 Å². The Balaban J connectivity index is 1.58. The Kier molecular flexibility index (Phi) is 8.44. The van der Waals surface area contributed by atoms with Crippen molar-refractivity contribution >= 4 is 18.7 Å². The average molecular weight is 552 g/mol. The minimum Gasteiger partial charge on any atom is -0.497 e. The normalized spacial score (nSPS) is 12.2. The van der Waals surface area contributed by atoms with Crippen LogP contribution in [0.15, 0.2) is 51.7 Å². The van der Waals surface area contributed by atoms with Gasteiger partial charge < -0.3 is 31.9 Å². The number of benzene rings is 1. The van der Waals surface area contributed by atoms with Crippen molar-refractivity contribution in [1.29, 1.82) is 0 Å². The van der Waals surface area contributed by atoms with E-state index in [-0.39, 0.29) is 29.8 Å². The predicted molar refractivity (Wildman–Crippen MR) is 133 cm³/mol. The van der Waals surface area contributed by atoms with Gasteiger partial charge in [-0.3, -0.25) is 13.6 Å². The van der Waals surface area contributed by atoms with E-state index in [2.05, 4.69) is 4.90 Å². The van der Waals surface area contributed by atoms with Gasteiger partial charge in [-0.25, -0.2) is 14.2 Å². The molecule has 3 aromatic heterocycles. The lowest BCUT2D eigenvalue weighted by Crippen LogP contribution is -2.14. The summed E-state index contributed by atoms with van der Waals surface area (Å²) in [5.41, 5.74) is 1.86. The molecule has 14 heteroatoms. The van der Waals surface area contributed by atoms with Crippen molar-refractivity contribution in [2.75, 3.05) is 27.7 Å². The molecule has 206 valence electrons. The molecule has 0 bridgehead atoms. The number of fused-ring (bicyclic) bond motifs is 1. The molecule has 0 aliphatic carbocycles. The summed E-state index contributed by atoms with van der Waals surface area (Å²) in [5, 5.41) is 0.957. The van der Waals surface area contributed by atoms with Crippen molar-refractivity contribution in [1.82, 2.24) is 9.47 Å². The topological polar surface area (TPSA) is 149 Å². The number of ether oxygens (including phenoxy) is 1. The monoisotopic (exact) mass is 552 g/mol. The number of aromatic nitrogens is 1. The molecule has 4 aromatic rings. The third kappa shape index (κ3) is 6.55. The number of phosphoric ester groups is 1. The van der Waals surface area contributed by atoms with E-state index in [0.717, 1.165) is 29.4 Å². The molecular weight excluding hydrogens is 523 g/mol. The minimum atomic E-state index is -4.31. The number of hydrogen-bond donors (Lipinski definition) is 0. The van der Waals surface area contributed by atoms with Crippen LogP contribution in [0.2, 0.25) is 0 Å². The van der Waals surface area contributed by atoms with Gasteiger partial charge in [0.25, 0.3) is 0 Å². The van der Waals surface area contributed by atoms with Crippen molar-refractivity contribution in [3.05, 3.63) is 74.2 Å². The molecular formula is C24H29N2O11P. The third-order valence-corrected chi connectivity index (χ3v) is 7.06. The summed E-state index contributed by atoms with van der Waals surface area (Å²) in [7, 11) is 1.26. The molecule has 38 heavy (non-hydrogen) atoms. The molecule has 0 radical (unpaired) electrons. The largest absolute Gasteiger partial charge is 0.519 e. The quantitative estimate of drug-likeness (QED) is 0.221. The van der Waals surface area contributed by atoms with E-state index >= 15 is 0 Å². The van der Waals surface area contributed by atoms with Crippen LogP contribution < -0.4 is 16.4 Å². The Morgan fingerprint density at radius 1 is 0.921 bits per heavy atom. The highest BCUT2D eigenvalue weighted by atomic mass is 31.2. The number of likely N-dealkylation sites (N-methyl/N-ethyl adjacent to an activating group) is 1. The van der Waals surface area contributed by atoms with Crippen LogP contribution in [0.4, 0.5) is 0 Å². The first kappa shape index (κ1) is 27.7. The minimum absolute atomic E-state index is 0.0259. The SMILES string of the molecule is COc1ccc2c(c1)c(CCN(C)C)cn2COP(=O)(OCc1oc(=O)oc1C)OCc1oc(=O)oc1C. The molecule has 0 aliphatic rings. The van der Waals surface area contributed by atoms with Crippen molar-refractivity contribution in [2.24, 2.45) is 0 Å². The second-order valence-corrected chi connectivity index (χ2v) is 10.3. The molecule has 0 N–H and O–H groups in total. The number of methoxy groups -OCH3 is 1. The second kappa shape index (κ2) is 11.6. The van der Waals surface area contributed by atoms with Gasteiger partial charge in [-0.1, -0.05) is 0 Å². The van der Waals surface area contributed by atoms with Crippen LogP contribution in [0.5, 0.6) is 5.75 Å². The maximum Gasteiger partial charge on any atom is 0.519 e. The van der Waals surface area contributed by atoms with Gasteiger partial charge in [0.2, 0.25) is 0 Å². The molecule has 4 rings (SSSR count). The fourth-order valence-corrected chi connectivity index (χ4v) is 4.70. The van der Waals surface area contributed by atoms with Gasteiger partial charge in [-0.15, -0.1) is 0 Å². The zero-order valence-corrected chi connectivity index (χ0v) is 22.6. The Morgan fingerprint density at radius 2 is 1.53 bits per heavy atom. The van der Waals surface area contributed by atoms with Gasteiger partial charge >= 0.3 is 19.5 Å². The fraction of sp³-hybridized carbons (Fsp3) is 0.417. The smallest absolute Gasteiger partial charge is 0.497 e. The summed E-state index contributed by atoms with van der Waals surface area (Å²) < 4.78 is 56.8. The van der Waals surface area contributed by atoms with E-state index in [1.54, 1.807) is 11.7 Å². The lowest BCUT2D eigenvalue weighted by atomic mass is 10.1. The molecule has 0 amide bonds. The zero-order chi connectivity index (χ0) is 27.4. The first-order chi connectivity index (χ1) is 18.1. The van der Waals surface area contributed by atoms with E-state index < -0.39 is 32.7 Å². The Hall–Kier alpha value is -3.35. The Morgan fingerprint density at radius 3 is 2.03 bits per heavy atom. The predicted octanol–water partition coefficient (Wildman–Crippen LogP) is 3.98. The van der Waals surface area contributed by atoms with Gasteiger partial charge in [-0.2, -0.15) is 0 Å². The highest BCUT2D eigenvalue weighted by Gasteiger charge is 2.30. The summed E-state index contributed by atoms with van der Waals surface area (Å²) in [6.07, 6.45) is 2.66. The van der Waals surface area contributed by atoms with Gasteiger partial charge in [0, 0.05) is 18.1 Å². The molecule has 0 saturated carbocycles. The van der Waals surface area contributed by atoms with Crippen molar-refractivity contribution in [3.8, 4) is 5.75 Å². The number of aryl methyl sites for hydroxylation is 2. The van der Waals surface area contributed by atoms with Crippen LogP contribution in [0.1, 0.15) is 28.6 Å². The molecule has 0 spiro atoms. The summed E-state index contributed by atoms with van der Waals surface area (Å²) in [6.45, 7) is 2.74.